The molecule has 2 aliphatic rings. The lowest BCUT2D eigenvalue weighted by Crippen LogP contribution is -2.47. The van der Waals surface area contributed by atoms with Crippen LogP contribution in [0.2, 0.25) is 0 Å². The van der Waals surface area contributed by atoms with Crippen LogP contribution in [0.1, 0.15) is 56.1 Å². The zero-order valence-corrected chi connectivity index (χ0v) is 18.8. The molecule has 2 unspecified atom stereocenters. The normalized spacial score (nSPS) is 18.6. The zero-order chi connectivity index (χ0) is 23.4. The van der Waals surface area contributed by atoms with Crippen LogP contribution in [0.25, 0.3) is 11.1 Å². The molecular weight excluding hydrogens is 420 g/mol. The number of carbonyl (C=O) groups excluding carboxylic acids is 2. The first-order valence-corrected chi connectivity index (χ1v) is 11.6. The van der Waals surface area contributed by atoms with Crippen LogP contribution in [0, 0.1) is 0 Å². The molecule has 4 rings (SSSR count). The summed E-state index contributed by atoms with van der Waals surface area (Å²) in [5.41, 5.74) is 4.59. The summed E-state index contributed by atoms with van der Waals surface area (Å²) in [6, 6.07) is 15.0. The minimum absolute atomic E-state index is 0.0338. The van der Waals surface area contributed by atoms with Crippen LogP contribution in [0.15, 0.2) is 48.5 Å². The van der Waals surface area contributed by atoms with E-state index in [1.807, 2.05) is 24.3 Å². The molecule has 2 N–H and O–H groups in total. The van der Waals surface area contributed by atoms with Gasteiger partial charge in [-0.1, -0.05) is 61.4 Å². The smallest absolute Gasteiger partial charge is 0.407 e. The maximum absolute atomic E-state index is 12.8. The van der Waals surface area contributed by atoms with Crippen molar-refractivity contribution in [2.24, 2.45) is 0 Å². The predicted octanol–water partition coefficient (Wildman–Crippen LogP) is 4.16. The Morgan fingerprint density at radius 1 is 1.03 bits per heavy atom. The number of alkyl carbamates (subject to hydrolysis) is 1. The van der Waals surface area contributed by atoms with E-state index < -0.39 is 24.1 Å². The van der Waals surface area contributed by atoms with Crippen molar-refractivity contribution >= 4 is 18.0 Å². The number of carboxylic acids is 1. The third-order valence-electron chi connectivity index (χ3n) is 6.55. The molecule has 0 bridgehead atoms. The number of hydrogen-bond donors (Lipinski definition) is 2. The lowest BCUT2D eigenvalue weighted by molar-refractivity contribution is -0.150. The number of ether oxygens (including phenoxy) is 1. The highest BCUT2D eigenvalue weighted by Crippen LogP contribution is 2.44. The molecule has 33 heavy (non-hydrogen) atoms. The monoisotopic (exact) mass is 450 g/mol. The molecule has 2 aromatic rings. The summed E-state index contributed by atoms with van der Waals surface area (Å²) in [6.07, 6.45) is 2.44. The topological polar surface area (TPSA) is 95.9 Å². The van der Waals surface area contributed by atoms with Gasteiger partial charge in [-0.25, -0.2) is 9.59 Å². The molecule has 1 aliphatic heterocycles. The van der Waals surface area contributed by atoms with Gasteiger partial charge in [0, 0.05) is 24.9 Å². The fraction of sp³-hybridized carbons (Fsp3) is 0.423. The second-order valence-corrected chi connectivity index (χ2v) is 8.87. The highest BCUT2D eigenvalue weighted by Gasteiger charge is 2.32. The van der Waals surface area contributed by atoms with E-state index in [2.05, 4.69) is 29.6 Å². The van der Waals surface area contributed by atoms with E-state index >= 15 is 0 Å². The number of rotatable bonds is 6. The highest BCUT2D eigenvalue weighted by molar-refractivity contribution is 5.84. The number of aliphatic carboxylic acids is 1. The number of amides is 2. The minimum atomic E-state index is -0.970. The molecule has 7 nitrogen and oxygen atoms in total. The van der Waals surface area contributed by atoms with Gasteiger partial charge < -0.3 is 20.1 Å². The number of benzene rings is 2. The average molecular weight is 451 g/mol. The molecule has 1 aliphatic carbocycles. The molecule has 2 atom stereocenters. The molecule has 0 saturated carbocycles. The standard InChI is InChI=1S/C26H30N2O5/c1-17(15-24(29)28-14-8-2-3-13-23(28)25(30)31)27-26(32)33-16-22-20-11-6-4-9-18(20)19-10-5-7-12-21(19)22/h4-7,9-12,17,22-23H,2-3,8,13-16H2,1H3,(H,27,32)(H,30,31). The van der Waals surface area contributed by atoms with Gasteiger partial charge in [-0.3, -0.25) is 4.79 Å². The van der Waals surface area contributed by atoms with Crippen molar-refractivity contribution in [2.45, 2.75) is 57.0 Å². The minimum Gasteiger partial charge on any atom is -0.480 e. The van der Waals surface area contributed by atoms with Crippen LogP contribution >= 0.6 is 0 Å². The lowest BCUT2D eigenvalue weighted by Gasteiger charge is -2.28. The van der Waals surface area contributed by atoms with Gasteiger partial charge in [0.25, 0.3) is 0 Å². The Morgan fingerprint density at radius 2 is 1.67 bits per heavy atom. The van der Waals surface area contributed by atoms with Crippen molar-refractivity contribution in [3.8, 4) is 11.1 Å². The number of carboxylic acid groups (broad SMARTS) is 1. The van der Waals surface area contributed by atoms with Gasteiger partial charge in [0.05, 0.1) is 0 Å². The number of fused-ring (bicyclic) bond motifs is 3. The van der Waals surface area contributed by atoms with E-state index in [4.69, 9.17) is 4.74 Å². The van der Waals surface area contributed by atoms with E-state index in [9.17, 15) is 19.5 Å². The first-order valence-electron chi connectivity index (χ1n) is 11.6. The molecule has 1 fully saturated rings. The lowest BCUT2D eigenvalue weighted by atomic mass is 9.98. The maximum Gasteiger partial charge on any atom is 0.407 e. The summed E-state index contributed by atoms with van der Waals surface area (Å²) in [5.74, 6) is -1.26. The van der Waals surface area contributed by atoms with Crippen molar-refractivity contribution in [3.05, 3.63) is 59.7 Å². The fourth-order valence-electron chi connectivity index (χ4n) is 4.94. The van der Waals surface area contributed by atoms with E-state index in [0.717, 1.165) is 41.5 Å². The Labute approximate surface area is 193 Å². The Bertz CT molecular complexity index is 991. The third kappa shape index (κ3) is 5.02. The molecule has 1 heterocycles. The predicted molar refractivity (Wildman–Crippen MR) is 124 cm³/mol. The number of carbonyl (C=O) groups is 3. The Hall–Kier alpha value is -3.35. The quantitative estimate of drug-likeness (QED) is 0.689. The van der Waals surface area contributed by atoms with Crippen LogP contribution in [0.3, 0.4) is 0 Å². The number of nitrogens with one attached hydrogen (secondary N) is 1. The van der Waals surface area contributed by atoms with Gasteiger partial charge in [0.15, 0.2) is 0 Å². The van der Waals surface area contributed by atoms with Gasteiger partial charge >= 0.3 is 12.1 Å². The van der Waals surface area contributed by atoms with Gasteiger partial charge in [-0.2, -0.15) is 0 Å². The number of hydrogen-bond acceptors (Lipinski definition) is 4. The van der Waals surface area contributed by atoms with Crippen molar-refractivity contribution in [2.75, 3.05) is 13.2 Å². The van der Waals surface area contributed by atoms with Crippen molar-refractivity contribution in [1.82, 2.24) is 10.2 Å². The van der Waals surface area contributed by atoms with E-state index in [-0.39, 0.29) is 24.9 Å². The molecule has 2 amide bonds. The molecule has 0 radical (unpaired) electrons. The van der Waals surface area contributed by atoms with E-state index in [1.165, 1.54) is 4.90 Å². The SMILES string of the molecule is CC(CC(=O)N1CCCCCC1C(=O)O)NC(=O)OCC1c2ccccc2-c2ccccc21. The largest absolute Gasteiger partial charge is 0.480 e. The maximum atomic E-state index is 12.8. The third-order valence-corrected chi connectivity index (χ3v) is 6.55. The zero-order valence-electron chi connectivity index (χ0n) is 18.8. The molecule has 7 heteroatoms. The summed E-state index contributed by atoms with van der Waals surface area (Å²) >= 11 is 0. The van der Waals surface area contributed by atoms with Crippen LogP contribution < -0.4 is 5.32 Å². The average Bonchev–Trinajstić information content (AvgIpc) is 2.93. The van der Waals surface area contributed by atoms with Crippen molar-refractivity contribution < 1.29 is 24.2 Å². The summed E-state index contributed by atoms with van der Waals surface area (Å²) in [5, 5.41) is 12.2. The first-order chi connectivity index (χ1) is 16.0. The highest BCUT2D eigenvalue weighted by atomic mass is 16.5. The first kappa shape index (κ1) is 22.8. The summed E-state index contributed by atoms with van der Waals surface area (Å²) in [7, 11) is 0. The van der Waals surface area contributed by atoms with Crippen LogP contribution in [0.4, 0.5) is 4.79 Å². The molecule has 1 saturated heterocycles. The van der Waals surface area contributed by atoms with Gasteiger partial charge in [-0.15, -0.1) is 0 Å². The molecule has 174 valence electrons. The van der Waals surface area contributed by atoms with Crippen molar-refractivity contribution in [3.63, 3.8) is 0 Å². The molecule has 0 spiro atoms. The molecular formula is C26H30N2O5. The Morgan fingerprint density at radius 3 is 2.30 bits per heavy atom. The molecule has 2 aromatic carbocycles. The van der Waals surface area contributed by atoms with E-state index in [1.54, 1.807) is 6.92 Å². The van der Waals surface area contributed by atoms with Crippen LogP contribution in [-0.4, -0.2) is 53.2 Å². The Balaban J connectivity index is 1.33. The van der Waals surface area contributed by atoms with Gasteiger partial charge in [0.1, 0.15) is 12.6 Å². The van der Waals surface area contributed by atoms with Crippen molar-refractivity contribution in [1.29, 1.82) is 0 Å². The number of nitrogens with zero attached hydrogens (tertiary/aromatic N) is 1. The summed E-state index contributed by atoms with van der Waals surface area (Å²) in [4.78, 5) is 38.3. The van der Waals surface area contributed by atoms with Crippen LogP contribution in [-0.2, 0) is 14.3 Å². The summed E-state index contributed by atoms with van der Waals surface area (Å²) < 4.78 is 5.55. The van der Waals surface area contributed by atoms with Gasteiger partial charge in [-0.05, 0) is 42.0 Å². The Kier molecular flexibility index (Phi) is 6.96. The number of likely N-dealkylation sites (tertiary alicyclic amines) is 1. The summed E-state index contributed by atoms with van der Waals surface area (Å²) in [6.45, 7) is 2.37. The molecule has 0 aromatic heterocycles. The second kappa shape index (κ2) is 10.1. The van der Waals surface area contributed by atoms with Gasteiger partial charge in [0.2, 0.25) is 5.91 Å². The fourth-order valence-corrected chi connectivity index (χ4v) is 4.94. The van der Waals surface area contributed by atoms with E-state index in [0.29, 0.717) is 13.0 Å². The second-order valence-electron chi connectivity index (χ2n) is 8.87. The van der Waals surface area contributed by atoms with Crippen LogP contribution in [0.5, 0.6) is 0 Å².